The van der Waals surface area contributed by atoms with Crippen LogP contribution in [-0.2, 0) is 0 Å². The Balaban J connectivity index is 1.96. The van der Waals surface area contributed by atoms with E-state index in [1.54, 1.807) is 5.57 Å². The molecule has 1 nitrogen and oxygen atoms in total. The maximum Gasteiger partial charge on any atom is 0.0473 e. The molecule has 1 aromatic carbocycles. The van der Waals surface area contributed by atoms with E-state index in [2.05, 4.69) is 81.1 Å². The van der Waals surface area contributed by atoms with Gasteiger partial charge in [0.25, 0.3) is 0 Å². The summed E-state index contributed by atoms with van der Waals surface area (Å²) in [4.78, 5) is 0. The van der Waals surface area contributed by atoms with Gasteiger partial charge in [0, 0.05) is 24.0 Å². The molecule has 0 aliphatic heterocycles. The predicted octanol–water partition coefficient (Wildman–Crippen LogP) is 5.87. The van der Waals surface area contributed by atoms with Crippen LogP contribution in [0, 0.1) is 13.8 Å². The van der Waals surface area contributed by atoms with Crippen LogP contribution < -0.4 is 0 Å². The van der Waals surface area contributed by atoms with Crippen molar-refractivity contribution in [2.24, 2.45) is 0 Å². The Morgan fingerprint density at radius 1 is 0.957 bits per heavy atom. The van der Waals surface area contributed by atoms with Gasteiger partial charge in [0.2, 0.25) is 0 Å². The van der Waals surface area contributed by atoms with Gasteiger partial charge in [0.15, 0.2) is 0 Å². The van der Waals surface area contributed by atoms with Crippen LogP contribution in [0.5, 0.6) is 0 Å². The average Bonchev–Trinajstić information content (AvgIpc) is 3.23. The predicted molar refractivity (Wildman–Crippen MR) is 98.3 cm³/mol. The van der Waals surface area contributed by atoms with Crippen molar-refractivity contribution in [1.82, 2.24) is 4.57 Å². The fraction of sp³-hybridized carbons (Fsp3) is 0.273. The fourth-order valence-corrected chi connectivity index (χ4v) is 4.05. The van der Waals surface area contributed by atoms with E-state index in [-0.39, 0.29) is 0 Å². The minimum absolute atomic E-state index is 0.381. The number of rotatable bonds is 2. The van der Waals surface area contributed by atoms with Gasteiger partial charge in [-0.25, -0.2) is 0 Å². The Labute approximate surface area is 138 Å². The standard InChI is InChI=1S/C22H23N/c1-14-9-10-18(17(14)4)22-20(23-11-5-6-12-23)13-19-15(2)7-8-16(3)21(19)22/h5-9,11-13,22H,10H2,1-4H3. The zero-order valence-electron chi connectivity index (χ0n) is 14.4. The van der Waals surface area contributed by atoms with E-state index in [1.165, 1.54) is 39.1 Å². The molecule has 1 atom stereocenters. The molecule has 2 aliphatic carbocycles. The number of allylic oxidation sites excluding steroid dienone is 5. The van der Waals surface area contributed by atoms with Gasteiger partial charge in [-0.05, 0) is 85.7 Å². The molecule has 1 aromatic heterocycles. The van der Waals surface area contributed by atoms with Crippen LogP contribution >= 0.6 is 0 Å². The molecule has 1 heteroatoms. The molecule has 2 aromatic rings. The molecule has 0 radical (unpaired) electrons. The van der Waals surface area contributed by atoms with Crippen LogP contribution in [0.25, 0.3) is 11.8 Å². The van der Waals surface area contributed by atoms with Crippen LogP contribution in [0.2, 0.25) is 0 Å². The molecule has 23 heavy (non-hydrogen) atoms. The summed E-state index contributed by atoms with van der Waals surface area (Å²) in [6, 6.07) is 8.75. The molecule has 1 unspecified atom stereocenters. The second-order valence-corrected chi connectivity index (χ2v) is 6.86. The number of nitrogens with zero attached hydrogens (tertiary/aromatic N) is 1. The molecular weight excluding hydrogens is 278 g/mol. The SMILES string of the molecule is CC1=CCC(C2C(n3cccc3)=Cc3c(C)ccc(C)c32)=C1C. The first kappa shape index (κ1) is 14.3. The lowest BCUT2D eigenvalue weighted by Gasteiger charge is -2.23. The highest BCUT2D eigenvalue weighted by Gasteiger charge is 2.33. The number of benzene rings is 1. The Kier molecular flexibility index (Phi) is 3.19. The van der Waals surface area contributed by atoms with E-state index in [0.717, 1.165) is 6.42 Å². The van der Waals surface area contributed by atoms with Gasteiger partial charge in [-0.15, -0.1) is 0 Å². The molecule has 2 aliphatic rings. The summed E-state index contributed by atoms with van der Waals surface area (Å²) in [5, 5.41) is 0. The minimum atomic E-state index is 0.381. The number of fused-ring (bicyclic) bond motifs is 1. The van der Waals surface area contributed by atoms with Gasteiger partial charge in [-0.2, -0.15) is 0 Å². The first-order valence-corrected chi connectivity index (χ1v) is 8.39. The molecule has 1 heterocycles. The van der Waals surface area contributed by atoms with Crippen molar-refractivity contribution in [2.75, 3.05) is 0 Å². The molecule has 0 saturated carbocycles. The molecule has 116 valence electrons. The summed E-state index contributed by atoms with van der Waals surface area (Å²) in [5.41, 5.74) is 11.6. The summed E-state index contributed by atoms with van der Waals surface area (Å²) >= 11 is 0. The molecule has 0 bridgehead atoms. The van der Waals surface area contributed by atoms with Crippen LogP contribution in [0.15, 0.2) is 59.5 Å². The van der Waals surface area contributed by atoms with Crippen molar-refractivity contribution in [3.05, 3.63) is 81.7 Å². The van der Waals surface area contributed by atoms with Crippen molar-refractivity contribution in [2.45, 2.75) is 40.0 Å². The molecule has 4 rings (SSSR count). The Morgan fingerprint density at radius 3 is 2.30 bits per heavy atom. The summed E-state index contributed by atoms with van der Waals surface area (Å²) in [6.07, 6.45) is 10.2. The summed E-state index contributed by atoms with van der Waals surface area (Å²) in [7, 11) is 0. The molecule has 0 saturated heterocycles. The maximum absolute atomic E-state index is 2.40. The van der Waals surface area contributed by atoms with Crippen molar-refractivity contribution < 1.29 is 0 Å². The Hall–Kier alpha value is -2.28. The second kappa shape index (κ2) is 5.13. The van der Waals surface area contributed by atoms with Crippen LogP contribution in [0.3, 0.4) is 0 Å². The Morgan fingerprint density at radius 2 is 1.65 bits per heavy atom. The third kappa shape index (κ3) is 2.07. The average molecular weight is 301 g/mol. The highest BCUT2D eigenvalue weighted by atomic mass is 15.0. The molecule has 0 amide bonds. The zero-order valence-corrected chi connectivity index (χ0v) is 14.4. The smallest absolute Gasteiger partial charge is 0.0473 e. The monoisotopic (exact) mass is 301 g/mol. The fourth-order valence-electron chi connectivity index (χ4n) is 4.05. The normalized spacial score (nSPS) is 19.9. The summed E-state index contributed by atoms with van der Waals surface area (Å²) in [6.45, 7) is 9.00. The van der Waals surface area contributed by atoms with Crippen molar-refractivity contribution in [1.29, 1.82) is 0 Å². The van der Waals surface area contributed by atoms with E-state index in [0.29, 0.717) is 5.92 Å². The first-order valence-electron chi connectivity index (χ1n) is 8.39. The quantitative estimate of drug-likeness (QED) is 0.654. The van der Waals surface area contributed by atoms with Gasteiger partial charge in [-0.1, -0.05) is 23.8 Å². The first-order chi connectivity index (χ1) is 11.1. The maximum atomic E-state index is 2.40. The van der Waals surface area contributed by atoms with Crippen molar-refractivity contribution >= 4 is 11.8 Å². The number of aryl methyl sites for hydroxylation is 2. The van der Waals surface area contributed by atoms with E-state index < -0.39 is 0 Å². The number of hydrogen-bond donors (Lipinski definition) is 0. The van der Waals surface area contributed by atoms with E-state index in [9.17, 15) is 0 Å². The lowest BCUT2D eigenvalue weighted by atomic mass is 9.84. The lowest BCUT2D eigenvalue weighted by Crippen LogP contribution is -2.08. The van der Waals surface area contributed by atoms with Gasteiger partial charge < -0.3 is 4.57 Å². The van der Waals surface area contributed by atoms with Crippen LogP contribution in [0.4, 0.5) is 0 Å². The van der Waals surface area contributed by atoms with E-state index in [1.807, 2.05) is 0 Å². The third-order valence-corrected chi connectivity index (χ3v) is 5.55. The third-order valence-electron chi connectivity index (χ3n) is 5.55. The Bertz CT molecular complexity index is 873. The zero-order chi connectivity index (χ0) is 16.1. The van der Waals surface area contributed by atoms with E-state index >= 15 is 0 Å². The lowest BCUT2D eigenvalue weighted by molar-refractivity contribution is 0.897. The topological polar surface area (TPSA) is 4.93 Å². The van der Waals surface area contributed by atoms with Gasteiger partial charge >= 0.3 is 0 Å². The van der Waals surface area contributed by atoms with Crippen molar-refractivity contribution in [3.63, 3.8) is 0 Å². The number of aromatic nitrogens is 1. The number of hydrogen-bond acceptors (Lipinski definition) is 0. The van der Waals surface area contributed by atoms with E-state index in [4.69, 9.17) is 0 Å². The minimum Gasteiger partial charge on any atom is -0.327 e. The van der Waals surface area contributed by atoms with Gasteiger partial charge in [0.05, 0.1) is 0 Å². The summed E-state index contributed by atoms with van der Waals surface area (Å²) in [5.74, 6) is 0.381. The molecule has 0 N–H and O–H groups in total. The highest BCUT2D eigenvalue weighted by Crippen LogP contribution is 2.49. The van der Waals surface area contributed by atoms with Crippen molar-refractivity contribution in [3.8, 4) is 0 Å². The van der Waals surface area contributed by atoms with Crippen LogP contribution in [0.1, 0.15) is 48.4 Å². The largest absolute Gasteiger partial charge is 0.327 e. The second-order valence-electron chi connectivity index (χ2n) is 6.86. The highest BCUT2D eigenvalue weighted by molar-refractivity contribution is 5.88. The summed E-state index contributed by atoms with van der Waals surface area (Å²) < 4.78 is 2.29. The molecule has 0 spiro atoms. The molecular formula is C22H23N. The van der Waals surface area contributed by atoms with Gasteiger partial charge in [0.1, 0.15) is 0 Å². The van der Waals surface area contributed by atoms with Gasteiger partial charge in [-0.3, -0.25) is 0 Å². The molecule has 0 fully saturated rings. The van der Waals surface area contributed by atoms with Crippen LogP contribution in [-0.4, -0.2) is 4.57 Å².